The second kappa shape index (κ2) is 11.9. The van der Waals surface area contributed by atoms with Crippen LogP contribution < -0.4 is 15.4 Å². The third-order valence-corrected chi connectivity index (χ3v) is 5.63. The first-order valence-corrected chi connectivity index (χ1v) is 10.6. The first-order valence-electron chi connectivity index (χ1n) is 10.6. The third kappa shape index (κ3) is 7.10. The number of ether oxygens (including phenoxy) is 1. The lowest BCUT2D eigenvalue weighted by Gasteiger charge is -2.24. The van der Waals surface area contributed by atoms with Crippen molar-refractivity contribution < 1.29 is 4.74 Å². The number of guanidine groups is 1. The molecule has 1 aromatic rings. The number of benzene rings is 1. The zero-order valence-electron chi connectivity index (χ0n) is 17.6. The fraction of sp³-hybridized carbons (Fsp3) is 0.682. The molecule has 0 amide bonds. The van der Waals surface area contributed by atoms with Crippen LogP contribution >= 0.6 is 24.0 Å². The van der Waals surface area contributed by atoms with Crippen molar-refractivity contribution in [2.24, 2.45) is 4.99 Å². The molecule has 1 saturated heterocycles. The van der Waals surface area contributed by atoms with Gasteiger partial charge in [0.2, 0.25) is 0 Å². The van der Waals surface area contributed by atoms with E-state index in [0.29, 0.717) is 6.04 Å². The molecule has 3 rings (SSSR count). The average Bonchev–Trinajstić information content (AvgIpc) is 3.33. The van der Waals surface area contributed by atoms with Crippen molar-refractivity contribution in [3.05, 3.63) is 29.8 Å². The van der Waals surface area contributed by atoms with Crippen LogP contribution in [0.15, 0.2) is 29.3 Å². The van der Waals surface area contributed by atoms with Gasteiger partial charge >= 0.3 is 0 Å². The fourth-order valence-electron chi connectivity index (χ4n) is 4.23. The van der Waals surface area contributed by atoms with E-state index < -0.39 is 0 Å². The molecule has 0 aromatic heterocycles. The van der Waals surface area contributed by atoms with Gasteiger partial charge < -0.3 is 15.4 Å². The van der Waals surface area contributed by atoms with Crippen LogP contribution in [0.3, 0.4) is 0 Å². The molecule has 28 heavy (non-hydrogen) atoms. The first kappa shape index (κ1) is 23.3. The molecule has 2 aliphatic rings. The van der Waals surface area contributed by atoms with Crippen LogP contribution in [0.4, 0.5) is 0 Å². The van der Waals surface area contributed by atoms with E-state index in [-0.39, 0.29) is 30.1 Å². The SMILES string of the molecule is CN=C(NCCc1ccc(OC(C)C)cc1)NC1CCN(C2CCCC2)C1.I. The van der Waals surface area contributed by atoms with Crippen molar-refractivity contribution in [1.82, 2.24) is 15.5 Å². The maximum absolute atomic E-state index is 5.70. The van der Waals surface area contributed by atoms with Crippen molar-refractivity contribution in [3.63, 3.8) is 0 Å². The molecule has 6 heteroatoms. The van der Waals surface area contributed by atoms with E-state index in [4.69, 9.17) is 4.74 Å². The highest BCUT2D eigenvalue weighted by Gasteiger charge is 2.30. The Bertz CT molecular complexity index is 599. The molecule has 0 bridgehead atoms. The Morgan fingerprint density at radius 1 is 1.18 bits per heavy atom. The third-order valence-electron chi connectivity index (χ3n) is 5.63. The second-order valence-electron chi connectivity index (χ2n) is 8.12. The standard InChI is InChI=1S/C22H36N4O.HI/c1-17(2)27-21-10-8-18(9-11-21)12-14-24-22(23-3)25-19-13-15-26(16-19)20-6-4-5-7-20;/h8-11,17,19-20H,4-7,12-16H2,1-3H3,(H2,23,24,25);1H. The predicted molar refractivity (Wildman–Crippen MR) is 128 cm³/mol. The smallest absolute Gasteiger partial charge is 0.191 e. The van der Waals surface area contributed by atoms with Gasteiger partial charge in [-0.15, -0.1) is 24.0 Å². The normalized spacial score (nSPS) is 21.0. The predicted octanol–water partition coefficient (Wildman–Crippen LogP) is 3.82. The van der Waals surface area contributed by atoms with Gasteiger partial charge in [0, 0.05) is 38.8 Å². The zero-order chi connectivity index (χ0) is 19.1. The van der Waals surface area contributed by atoms with Gasteiger partial charge in [-0.1, -0.05) is 25.0 Å². The topological polar surface area (TPSA) is 48.9 Å². The summed E-state index contributed by atoms with van der Waals surface area (Å²) in [6.07, 6.45) is 8.00. The molecule has 2 N–H and O–H groups in total. The molecular formula is C22H37IN4O. The minimum Gasteiger partial charge on any atom is -0.491 e. The molecule has 2 fully saturated rings. The molecule has 1 aromatic carbocycles. The Morgan fingerprint density at radius 2 is 1.89 bits per heavy atom. The fourth-order valence-corrected chi connectivity index (χ4v) is 4.23. The zero-order valence-corrected chi connectivity index (χ0v) is 19.9. The van der Waals surface area contributed by atoms with E-state index >= 15 is 0 Å². The lowest BCUT2D eigenvalue weighted by molar-refractivity contribution is 0.242. The summed E-state index contributed by atoms with van der Waals surface area (Å²) in [5, 5.41) is 7.08. The average molecular weight is 500 g/mol. The number of likely N-dealkylation sites (tertiary alicyclic amines) is 1. The quantitative estimate of drug-likeness (QED) is 0.340. The van der Waals surface area contributed by atoms with Crippen LogP contribution in [0, 0.1) is 0 Å². The van der Waals surface area contributed by atoms with Crippen molar-refractivity contribution in [1.29, 1.82) is 0 Å². The summed E-state index contributed by atoms with van der Waals surface area (Å²) in [7, 11) is 1.86. The van der Waals surface area contributed by atoms with Gasteiger partial charge in [0.15, 0.2) is 5.96 Å². The highest BCUT2D eigenvalue weighted by molar-refractivity contribution is 14.0. The van der Waals surface area contributed by atoms with Crippen molar-refractivity contribution in [3.8, 4) is 5.75 Å². The van der Waals surface area contributed by atoms with Gasteiger partial charge in [-0.05, 0) is 57.2 Å². The lowest BCUT2D eigenvalue weighted by atomic mass is 10.1. The summed E-state index contributed by atoms with van der Waals surface area (Å²) in [5.74, 6) is 1.86. The Morgan fingerprint density at radius 3 is 2.54 bits per heavy atom. The maximum Gasteiger partial charge on any atom is 0.191 e. The minimum absolute atomic E-state index is 0. The van der Waals surface area contributed by atoms with Crippen LogP contribution in [0.5, 0.6) is 5.75 Å². The number of rotatable bonds is 7. The number of nitrogens with one attached hydrogen (secondary N) is 2. The van der Waals surface area contributed by atoms with Crippen LogP contribution in [-0.2, 0) is 6.42 Å². The molecule has 0 spiro atoms. The van der Waals surface area contributed by atoms with Crippen molar-refractivity contribution in [2.45, 2.75) is 70.6 Å². The van der Waals surface area contributed by atoms with Crippen LogP contribution in [-0.4, -0.2) is 55.7 Å². The van der Waals surface area contributed by atoms with Gasteiger partial charge in [0.1, 0.15) is 5.75 Å². The Hall–Kier alpha value is -1.02. The summed E-state index contributed by atoms with van der Waals surface area (Å²) in [6.45, 7) is 7.36. The van der Waals surface area contributed by atoms with Gasteiger partial charge in [-0.25, -0.2) is 0 Å². The van der Waals surface area contributed by atoms with Crippen LogP contribution in [0.25, 0.3) is 0 Å². The highest BCUT2D eigenvalue weighted by atomic mass is 127. The number of nitrogens with zero attached hydrogens (tertiary/aromatic N) is 2. The minimum atomic E-state index is 0. The van der Waals surface area contributed by atoms with E-state index in [1.165, 1.54) is 44.2 Å². The molecule has 5 nitrogen and oxygen atoms in total. The van der Waals surface area contributed by atoms with E-state index in [0.717, 1.165) is 37.3 Å². The monoisotopic (exact) mass is 500 g/mol. The molecule has 0 radical (unpaired) electrons. The Kier molecular flexibility index (Phi) is 9.85. The van der Waals surface area contributed by atoms with E-state index in [1.54, 1.807) is 0 Å². The number of hydrogen-bond donors (Lipinski definition) is 2. The van der Waals surface area contributed by atoms with Gasteiger partial charge in [-0.3, -0.25) is 9.89 Å². The number of halogens is 1. The van der Waals surface area contributed by atoms with Crippen molar-refractivity contribution in [2.75, 3.05) is 26.7 Å². The molecule has 1 aliphatic carbocycles. The highest BCUT2D eigenvalue weighted by Crippen LogP contribution is 2.26. The van der Waals surface area contributed by atoms with Crippen LogP contribution in [0.1, 0.15) is 51.5 Å². The molecule has 1 atom stereocenters. The van der Waals surface area contributed by atoms with Gasteiger partial charge in [0.05, 0.1) is 6.10 Å². The number of hydrogen-bond acceptors (Lipinski definition) is 3. The lowest BCUT2D eigenvalue weighted by Crippen LogP contribution is -2.45. The molecular weight excluding hydrogens is 463 g/mol. The van der Waals surface area contributed by atoms with E-state index in [2.05, 4.69) is 44.8 Å². The Labute approximate surface area is 187 Å². The van der Waals surface area contributed by atoms with Gasteiger partial charge in [0.25, 0.3) is 0 Å². The summed E-state index contributed by atoms with van der Waals surface area (Å²) < 4.78 is 5.70. The van der Waals surface area contributed by atoms with E-state index in [9.17, 15) is 0 Å². The number of aliphatic imine (C=N–C) groups is 1. The first-order chi connectivity index (χ1) is 13.1. The second-order valence-corrected chi connectivity index (χ2v) is 8.12. The largest absolute Gasteiger partial charge is 0.491 e. The summed E-state index contributed by atoms with van der Waals surface area (Å²) in [6, 6.07) is 9.74. The Balaban J connectivity index is 0.00000280. The summed E-state index contributed by atoms with van der Waals surface area (Å²) in [4.78, 5) is 7.09. The summed E-state index contributed by atoms with van der Waals surface area (Å²) >= 11 is 0. The molecule has 1 aliphatic heterocycles. The maximum atomic E-state index is 5.70. The van der Waals surface area contributed by atoms with Crippen molar-refractivity contribution >= 4 is 29.9 Å². The molecule has 1 unspecified atom stereocenters. The van der Waals surface area contributed by atoms with Crippen LogP contribution in [0.2, 0.25) is 0 Å². The summed E-state index contributed by atoms with van der Waals surface area (Å²) in [5.41, 5.74) is 1.31. The van der Waals surface area contributed by atoms with Gasteiger partial charge in [-0.2, -0.15) is 0 Å². The molecule has 1 heterocycles. The van der Waals surface area contributed by atoms with E-state index in [1.807, 2.05) is 20.9 Å². The molecule has 1 saturated carbocycles. The molecule has 158 valence electrons.